The van der Waals surface area contributed by atoms with Crippen molar-refractivity contribution >= 4 is 40.3 Å². The Kier molecular flexibility index (Phi) is 6.26. The molecule has 0 aromatic heterocycles. The van der Waals surface area contributed by atoms with Crippen molar-refractivity contribution < 1.29 is 13.9 Å². The SMILES string of the molecule is O=C1/C(=C/c2ccc(OCc3ccc(F)cc3)cc2)SC(=S)N1Cc1ccccc1. The van der Waals surface area contributed by atoms with Crippen molar-refractivity contribution in [2.75, 3.05) is 0 Å². The highest BCUT2D eigenvalue weighted by molar-refractivity contribution is 8.26. The number of halogens is 1. The molecular weight excluding hydrogens is 417 g/mol. The van der Waals surface area contributed by atoms with Gasteiger partial charge in [0.15, 0.2) is 0 Å². The van der Waals surface area contributed by atoms with Crippen LogP contribution in [-0.4, -0.2) is 15.1 Å². The molecule has 0 atom stereocenters. The number of ether oxygens (including phenoxy) is 1. The Balaban J connectivity index is 1.40. The standard InChI is InChI=1S/C24H18FNO2S2/c25-20-10-6-19(7-11-20)16-28-21-12-8-17(9-13-21)14-22-23(27)26(24(29)30-22)15-18-4-2-1-3-5-18/h1-14H,15-16H2/b22-14-. The maximum absolute atomic E-state index is 13.0. The van der Waals surface area contributed by atoms with Crippen molar-refractivity contribution in [1.29, 1.82) is 0 Å². The summed E-state index contributed by atoms with van der Waals surface area (Å²) in [4.78, 5) is 15.0. The predicted octanol–water partition coefficient (Wildman–Crippen LogP) is 5.81. The summed E-state index contributed by atoms with van der Waals surface area (Å²) in [5.41, 5.74) is 2.82. The third-order valence-corrected chi connectivity index (χ3v) is 5.93. The van der Waals surface area contributed by atoms with Crippen molar-refractivity contribution in [3.05, 3.63) is 106 Å². The molecule has 6 heteroatoms. The average Bonchev–Trinajstić information content (AvgIpc) is 3.02. The highest BCUT2D eigenvalue weighted by Gasteiger charge is 2.31. The summed E-state index contributed by atoms with van der Waals surface area (Å²) in [6.45, 7) is 0.830. The van der Waals surface area contributed by atoms with Crippen LogP contribution in [0.15, 0.2) is 83.8 Å². The van der Waals surface area contributed by atoms with Crippen LogP contribution in [0.25, 0.3) is 6.08 Å². The molecule has 0 N–H and O–H groups in total. The number of hydrogen-bond acceptors (Lipinski definition) is 4. The average molecular weight is 436 g/mol. The quantitative estimate of drug-likeness (QED) is 0.361. The number of nitrogens with zero attached hydrogens (tertiary/aromatic N) is 1. The Labute approximate surface area is 184 Å². The predicted molar refractivity (Wildman–Crippen MR) is 122 cm³/mol. The molecule has 3 aromatic carbocycles. The van der Waals surface area contributed by atoms with E-state index in [1.54, 1.807) is 17.0 Å². The molecule has 1 amide bonds. The Morgan fingerprint density at radius 2 is 1.63 bits per heavy atom. The van der Waals surface area contributed by atoms with E-state index in [1.165, 1.54) is 23.9 Å². The van der Waals surface area contributed by atoms with Crippen molar-refractivity contribution in [3.8, 4) is 5.75 Å². The number of rotatable bonds is 6. The number of carbonyl (C=O) groups is 1. The Morgan fingerprint density at radius 3 is 2.33 bits per heavy atom. The molecule has 3 nitrogen and oxygen atoms in total. The summed E-state index contributed by atoms with van der Waals surface area (Å²) in [6.07, 6.45) is 1.84. The fourth-order valence-electron chi connectivity index (χ4n) is 2.96. The Bertz CT molecular complexity index is 1080. The minimum Gasteiger partial charge on any atom is -0.489 e. The minimum atomic E-state index is -0.266. The first-order valence-electron chi connectivity index (χ1n) is 9.35. The van der Waals surface area contributed by atoms with E-state index in [-0.39, 0.29) is 11.7 Å². The molecule has 0 bridgehead atoms. The molecule has 150 valence electrons. The molecule has 3 aromatic rings. The third kappa shape index (κ3) is 4.96. The van der Waals surface area contributed by atoms with E-state index in [9.17, 15) is 9.18 Å². The van der Waals surface area contributed by atoms with Crippen molar-refractivity contribution in [2.45, 2.75) is 13.2 Å². The van der Waals surface area contributed by atoms with Crippen LogP contribution in [0.2, 0.25) is 0 Å². The Hall–Kier alpha value is -2.96. The van der Waals surface area contributed by atoms with Gasteiger partial charge in [-0.2, -0.15) is 0 Å². The normalized spacial score (nSPS) is 15.1. The van der Waals surface area contributed by atoms with Gasteiger partial charge in [0, 0.05) is 0 Å². The summed E-state index contributed by atoms with van der Waals surface area (Å²) >= 11 is 6.72. The maximum atomic E-state index is 13.0. The van der Waals surface area contributed by atoms with Crippen LogP contribution in [0.5, 0.6) is 5.75 Å². The van der Waals surface area contributed by atoms with E-state index in [0.29, 0.717) is 28.1 Å². The van der Waals surface area contributed by atoms with Crippen LogP contribution in [0.4, 0.5) is 4.39 Å². The topological polar surface area (TPSA) is 29.5 Å². The molecule has 0 aliphatic carbocycles. The third-order valence-electron chi connectivity index (χ3n) is 4.55. The van der Waals surface area contributed by atoms with Crippen LogP contribution >= 0.6 is 24.0 Å². The largest absolute Gasteiger partial charge is 0.489 e. The van der Waals surface area contributed by atoms with Crippen LogP contribution < -0.4 is 4.74 Å². The van der Waals surface area contributed by atoms with Gasteiger partial charge in [-0.15, -0.1) is 0 Å². The van der Waals surface area contributed by atoms with Crippen LogP contribution in [0.3, 0.4) is 0 Å². The van der Waals surface area contributed by atoms with Gasteiger partial charge in [-0.25, -0.2) is 4.39 Å². The molecule has 1 aliphatic heterocycles. The van der Waals surface area contributed by atoms with E-state index in [4.69, 9.17) is 17.0 Å². The molecule has 1 fully saturated rings. The second-order valence-electron chi connectivity index (χ2n) is 6.74. The van der Waals surface area contributed by atoms with E-state index in [1.807, 2.05) is 60.7 Å². The summed E-state index contributed by atoms with van der Waals surface area (Å²) < 4.78 is 19.3. The molecule has 1 saturated heterocycles. The van der Waals surface area contributed by atoms with Crippen molar-refractivity contribution in [2.24, 2.45) is 0 Å². The molecular formula is C24H18FNO2S2. The van der Waals surface area contributed by atoms with Gasteiger partial charge in [-0.1, -0.05) is 78.6 Å². The van der Waals surface area contributed by atoms with Crippen molar-refractivity contribution in [3.63, 3.8) is 0 Å². The molecule has 1 heterocycles. The molecule has 0 unspecified atom stereocenters. The number of thiocarbonyl (C=S) groups is 1. The van der Waals surface area contributed by atoms with E-state index in [2.05, 4.69) is 0 Å². The monoisotopic (exact) mass is 435 g/mol. The number of amides is 1. The Morgan fingerprint density at radius 1 is 0.933 bits per heavy atom. The second kappa shape index (κ2) is 9.24. The number of carbonyl (C=O) groups excluding carboxylic acids is 1. The van der Waals surface area contributed by atoms with E-state index in [0.717, 1.165) is 16.7 Å². The first-order chi connectivity index (χ1) is 14.6. The zero-order valence-electron chi connectivity index (χ0n) is 16.0. The highest BCUT2D eigenvalue weighted by Crippen LogP contribution is 2.33. The second-order valence-corrected chi connectivity index (χ2v) is 8.41. The van der Waals surface area contributed by atoms with Gasteiger partial charge < -0.3 is 4.74 Å². The molecule has 0 radical (unpaired) electrons. The van der Waals surface area contributed by atoms with Gasteiger partial charge in [0.05, 0.1) is 11.4 Å². The number of hydrogen-bond donors (Lipinski definition) is 0. The van der Waals surface area contributed by atoms with Gasteiger partial charge >= 0.3 is 0 Å². The molecule has 0 spiro atoms. The zero-order valence-corrected chi connectivity index (χ0v) is 17.6. The van der Waals surface area contributed by atoms with Gasteiger partial charge in [0.1, 0.15) is 22.5 Å². The molecule has 30 heavy (non-hydrogen) atoms. The van der Waals surface area contributed by atoms with Gasteiger partial charge in [-0.05, 0) is 47.0 Å². The first kappa shape index (κ1) is 20.3. The lowest BCUT2D eigenvalue weighted by atomic mass is 10.2. The van der Waals surface area contributed by atoms with E-state index >= 15 is 0 Å². The van der Waals surface area contributed by atoms with Crippen molar-refractivity contribution in [1.82, 2.24) is 4.90 Å². The highest BCUT2D eigenvalue weighted by atomic mass is 32.2. The summed E-state index contributed by atoms with van der Waals surface area (Å²) in [7, 11) is 0. The summed E-state index contributed by atoms with van der Waals surface area (Å²) in [5.74, 6) is 0.357. The molecule has 4 rings (SSSR count). The lowest BCUT2D eigenvalue weighted by Crippen LogP contribution is -2.27. The van der Waals surface area contributed by atoms with Crippen LogP contribution in [-0.2, 0) is 17.9 Å². The molecule has 1 aliphatic rings. The van der Waals surface area contributed by atoms with Gasteiger partial charge in [-0.3, -0.25) is 9.69 Å². The molecule has 0 saturated carbocycles. The van der Waals surface area contributed by atoms with Crippen LogP contribution in [0, 0.1) is 5.82 Å². The van der Waals surface area contributed by atoms with E-state index < -0.39 is 0 Å². The fourth-order valence-corrected chi connectivity index (χ4v) is 4.22. The minimum absolute atomic E-state index is 0.0783. The summed E-state index contributed by atoms with van der Waals surface area (Å²) in [6, 6.07) is 23.5. The smallest absolute Gasteiger partial charge is 0.266 e. The lowest BCUT2D eigenvalue weighted by molar-refractivity contribution is -0.122. The number of benzene rings is 3. The van der Waals surface area contributed by atoms with Crippen LogP contribution in [0.1, 0.15) is 16.7 Å². The van der Waals surface area contributed by atoms with Gasteiger partial charge in [0.25, 0.3) is 5.91 Å². The maximum Gasteiger partial charge on any atom is 0.266 e. The fraction of sp³-hybridized carbons (Fsp3) is 0.0833. The zero-order chi connectivity index (χ0) is 20.9. The number of thioether (sulfide) groups is 1. The first-order valence-corrected chi connectivity index (χ1v) is 10.6. The van der Waals surface area contributed by atoms with Gasteiger partial charge in [0.2, 0.25) is 0 Å². The summed E-state index contributed by atoms with van der Waals surface area (Å²) in [5, 5.41) is 0. The lowest BCUT2D eigenvalue weighted by Gasteiger charge is -2.14.